The number of thiophene rings is 1. The average Bonchev–Trinajstić information content (AvgIpc) is 3.23. The number of carbonyl (C=O) groups is 1. The average molecular weight is 479 g/mol. The third kappa shape index (κ3) is 4.65. The van der Waals surface area contributed by atoms with Gasteiger partial charge >= 0.3 is 0 Å². The monoisotopic (exact) mass is 478 g/mol. The molecule has 1 amide bonds. The Morgan fingerprint density at radius 3 is 2.90 bits per heavy atom. The van der Waals surface area contributed by atoms with Gasteiger partial charge in [-0.2, -0.15) is 0 Å². The number of likely N-dealkylation sites (N-methyl/N-ethyl adjacent to an activating group) is 1. The lowest BCUT2D eigenvalue weighted by Crippen LogP contribution is -2.55. The number of pyridine rings is 1. The molecule has 162 valence electrons. The first-order valence-corrected chi connectivity index (χ1v) is 12.3. The Morgan fingerprint density at radius 1 is 1.39 bits per heavy atom. The summed E-state index contributed by atoms with van der Waals surface area (Å²) >= 11 is 7.32. The van der Waals surface area contributed by atoms with Gasteiger partial charge in [-0.15, -0.1) is 11.3 Å². The Balaban J connectivity index is 1.57. The Hall–Kier alpha value is -2.30. The van der Waals surface area contributed by atoms with Crippen LogP contribution in [0.15, 0.2) is 54.0 Å². The van der Waals surface area contributed by atoms with Crippen LogP contribution in [0, 0.1) is 5.82 Å². The van der Waals surface area contributed by atoms with E-state index in [1.165, 1.54) is 33.8 Å². The van der Waals surface area contributed by atoms with Gasteiger partial charge in [0.2, 0.25) is 5.91 Å². The van der Waals surface area contributed by atoms with E-state index in [0.717, 1.165) is 16.1 Å². The van der Waals surface area contributed by atoms with Crippen LogP contribution in [0.4, 0.5) is 10.1 Å². The fourth-order valence-corrected chi connectivity index (χ4v) is 6.03. The number of benzene rings is 1. The van der Waals surface area contributed by atoms with Crippen molar-refractivity contribution < 1.29 is 13.4 Å². The fraction of sp³-hybridized carbons (Fsp3) is 0.190. The second-order valence-corrected chi connectivity index (χ2v) is 10.6. The van der Waals surface area contributed by atoms with Crippen molar-refractivity contribution in [1.82, 2.24) is 14.0 Å². The van der Waals surface area contributed by atoms with Crippen LogP contribution < -0.4 is 10.0 Å². The second kappa shape index (κ2) is 8.68. The maximum atomic E-state index is 13.4. The third-order valence-corrected chi connectivity index (χ3v) is 8.28. The van der Waals surface area contributed by atoms with Crippen molar-refractivity contribution >= 4 is 50.3 Å². The molecule has 4 rings (SSSR count). The Labute approximate surface area is 189 Å². The quantitative estimate of drug-likeness (QED) is 0.554. The predicted octanol–water partition coefficient (Wildman–Crippen LogP) is 4.12. The first-order valence-electron chi connectivity index (χ1n) is 9.38. The summed E-state index contributed by atoms with van der Waals surface area (Å²) in [6.07, 6.45) is 2.11. The van der Waals surface area contributed by atoms with E-state index in [2.05, 4.69) is 20.9 Å². The van der Waals surface area contributed by atoms with Crippen molar-refractivity contribution in [2.45, 2.75) is 18.5 Å². The molecule has 1 fully saturated rings. The summed E-state index contributed by atoms with van der Waals surface area (Å²) < 4.78 is 31.0. The number of hydrogen-bond donors (Lipinski definition) is 2. The molecule has 0 bridgehead atoms. The molecule has 1 aromatic carbocycles. The first-order chi connectivity index (χ1) is 14.7. The van der Waals surface area contributed by atoms with Gasteiger partial charge < -0.3 is 5.32 Å². The highest BCUT2D eigenvalue weighted by atomic mass is 35.5. The van der Waals surface area contributed by atoms with Gasteiger partial charge in [-0.05, 0) is 48.7 Å². The summed E-state index contributed by atoms with van der Waals surface area (Å²) in [4.78, 5) is 18.3. The van der Waals surface area contributed by atoms with Crippen LogP contribution in [0.2, 0.25) is 5.02 Å². The summed E-state index contributed by atoms with van der Waals surface area (Å²) in [6, 6.07) is 10.6. The molecule has 0 radical (unpaired) electrons. The van der Waals surface area contributed by atoms with Gasteiger partial charge in [-0.1, -0.05) is 17.7 Å². The van der Waals surface area contributed by atoms with Crippen molar-refractivity contribution in [3.8, 4) is 11.3 Å². The molecule has 10 heteroatoms. The number of nitrogens with one attached hydrogen (secondary N) is 2. The van der Waals surface area contributed by atoms with E-state index in [-0.39, 0.29) is 17.0 Å². The minimum Gasteiger partial charge on any atom is -0.325 e. The lowest BCUT2D eigenvalue weighted by molar-refractivity contribution is -0.120. The normalized spacial score (nSPS) is 24.1. The van der Waals surface area contributed by atoms with Crippen LogP contribution in [0.25, 0.3) is 11.3 Å². The highest BCUT2D eigenvalue weighted by molar-refractivity contribution is 7.96. The number of rotatable bonds is 4. The predicted molar refractivity (Wildman–Crippen MR) is 125 cm³/mol. The number of carbonyl (C=O) groups excluding carboxylic acids is 1. The summed E-state index contributed by atoms with van der Waals surface area (Å²) in [5, 5.41) is 4.63. The van der Waals surface area contributed by atoms with E-state index in [1.54, 1.807) is 13.2 Å². The summed E-state index contributed by atoms with van der Waals surface area (Å²) in [6.45, 7) is 0. The van der Waals surface area contributed by atoms with Crippen LogP contribution in [0.3, 0.4) is 0 Å². The van der Waals surface area contributed by atoms with E-state index in [0.29, 0.717) is 12.1 Å². The molecule has 0 saturated carbocycles. The van der Waals surface area contributed by atoms with Gasteiger partial charge in [-0.25, -0.2) is 17.6 Å². The lowest BCUT2D eigenvalue weighted by atomic mass is 10.0. The molecule has 0 aliphatic carbocycles. The van der Waals surface area contributed by atoms with Crippen LogP contribution in [-0.4, -0.2) is 38.4 Å². The minimum absolute atomic E-state index is 0.0871. The zero-order valence-electron chi connectivity index (χ0n) is 16.5. The highest BCUT2D eigenvalue weighted by Crippen LogP contribution is 2.34. The topological polar surface area (TPSA) is 74.3 Å². The third-order valence-electron chi connectivity index (χ3n) is 5.10. The van der Waals surface area contributed by atoms with Gasteiger partial charge in [-0.3, -0.25) is 9.78 Å². The second-order valence-electron chi connectivity index (χ2n) is 7.18. The molecular formula is C21H20ClFN4O2S2. The maximum Gasteiger partial charge on any atom is 0.242 e. The molecule has 31 heavy (non-hydrogen) atoms. The number of anilines is 1. The lowest BCUT2D eigenvalue weighted by Gasteiger charge is -2.39. The largest absolute Gasteiger partial charge is 0.325 e. The first kappa shape index (κ1) is 21.9. The molecule has 2 aromatic heterocycles. The summed E-state index contributed by atoms with van der Waals surface area (Å²) in [7, 11) is -1.30. The zero-order chi connectivity index (χ0) is 22.2. The Kier molecular flexibility index (Phi) is 6.14. The molecule has 6 nitrogen and oxygen atoms in total. The summed E-state index contributed by atoms with van der Waals surface area (Å²) in [5.74, 6) is 2.87. The van der Waals surface area contributed by atoms with E-state index < -0.39 is 21.8 Å². The molecule has 3 atom stereocenters. The van der Waals surface area contributed by atoms with E-state index >= 15 is 0 Å². The minimum atomic E-state index is -2.89. The Bertz CT molecular complexity index is 1220. The number of amides is 1. The van der Waals surface area contributed by atoms with Gasteiger partial charge in [0.15, 0.2) is 0 Å². The molecule has 2 N–H and O–H groups in total. The molecule has 1 saturated heterocycles. The van der Waals surface area contributed by atoms with Gasteiger partial charge in [0.25, 0.3) is 0 Å². The molecule has 1 aliphatic rings. The summed E-state index contributed by atoms with van der Waals surface area (Å²) in [5.41, 5.74) is 2.17. The number of halogens is 2. The van der Waals surface area contributed by atoms with Gasteiger partial charge in [0, 0.05) is 34.8 Å². The van der Waals surface area contributed by atoms with E-state index in [1.807, 2.05) is 29.6 Å². The van der Waals surface area contributed by atoms with Crippen LogP contribution in [0.1, 0.15) is 17.3 Å². The SMILES string of the molecule is C=S1(=O)N[C@@H](c2cc(-c3ccccn3)cs2)C[C@@H](C(=O)Nc2ccc(F)c(Cl)c2)N1C. The number of aromatic nitrogens is 1. The zero-order valence-corrected chi connectivity index (χ0v) is 18.9. The molecule has 1 unspecified atom stereocenters. The maximum absolute atomic E-state index is 13.4. The van der Waals surface area contributed by atoms with Gasteiger partial charge in [0.05, 0.1) is 26.7 Å². The fourth-order valence-electron chi connectivity index (χ4n) is 3.38. The van der Waals surface area contributed by atoms with E-state index in [4.69, 9.17) is 11.6 Å². The molecule has 3 heterocycles. The van der Waals surface area contributed by atoms with Crippen LogP contribution in [-0.2, 0) is 14.7 Å². The molecule has 1 aliphatic heterocycles. The van der Waals surface area contributed by atoms with Gasteiger partial charge in [0.1, 0.15) is 11.9 Å². The molecule has 0 spiro atoms. The number of hydrogen-bond acceptors (Lipinski definition) is 4. The molecular weight excluding hydrogens is 459 g/mol. The van der Waals surface area contributed by atoms with Crippen molar-refractivity contribution in [2.75, 3.05) is 12.4 Å². The highest BCUT2D eigenvalue weighted by Gasteiger charge is 2.38. The van der Waals surface area contributed by atoms with Crippen LogP contribution >= 0.6 is 22.9 Å². The number of nitrogens with zero attached hydrogens (tertiary/aromatic N) is 2. The molecule has 3 aromatic rings. The van der Waals surface area contributed by atoms with Crippen molar-refractivity contribution in [3.63, 3.8) is 0 Å². The Morgan fingerprint density at radius 2 is 2.19 bits per heavy atom. The van der Waals surface area contributed by atoms with Crippen LogP contribution in [0.5, 0.6) is 0 Å². The van der Waals surface area contributed by atoms with Crippen molar-refractivity contribution in [2.24, 2.45) is 0 Å². The van der Waals surface area contributed by atoms with Crippen molar-refractivity contribution in [1.29, 1.82) is 0 Å². The van der Waals surface area contributed by atoms with E-state index in [9.17, 15) is 13.4 Å². The smallest absolute Gasteiger partial charge is 0.242 e. The van der Waals surface area contributed by atoms with Crippen molar-refractivity contribution in [3.05, 3.63) is 69.8 Å². The standard InChI is InChI=1S/C21H20ClFN4O2S2/c1-27-19(21(28)25-14-6-7-16(23)15(22)10-14)11-18(26-31(27,2)29)20-9-13(12-30-20)17-5-3-4-8-24-17/h3-10,12,18-19H,2,11H2,1H3,(H,25,28)(H,26,29)/t18-,19+,31?/m1/s1.